The van der Waals surface area contributed by atoms with Crippen LogP contribution < -0.4 is 11.5 Å². The Labute approximate surface area is 113 Å². The number of nitrogens with two attached hydrogens (primary N) is 2. The Bertz CT molecular complexity index is 541. The van der Waals surface area contributed by atoms with E-state index in [0.717, 1.165) is 0 Å². The second-order valence-electron chi connectivity index (χ2n) is 4.53. The van der Waals surface area contributed by atoms with Crippen molar-refractivity contribution in [1.82, 2.24) is 0 Å². The van der Waals surface area contributed by atoms with Crippen LogP contribution in [0.1, 0.15) is 0 Å². The highest BCUT2D eigenvalue weighted by Gasteiger charge is 2.35. The molecule has 0 saturated carbocycles. The molecular formula is C12H12N4O4. The first-order valence-electron chi connectivity index (χ1n) is 5.65. The summed E-state index contributed by atoms with van der Waals surface area (Å²) in [7, 11) is 0. The average Bonchev–Trinajstić information content (AvgIpc) is 2.40. The van der Waals surface area contributed by atoms with Gasteiger partial charge >= 0.3 is 11.3 Å². The zero-order valence-electron chi connectivity index (χ0n) is 10.3. The van der Waals surface area contributed by atoms with Crippen molar-refractivity contribution in [3.8, 4) is 0 Å². The minimum Gasteiger partial charge on any atom is -0.262 e. The molecule has 0 aromatic carbocycles. The van der Waals surface area contributed by atoms with E-state index >= 15 is 0 Å². The predicted octanol–water partition coefficient (Wildman–Crippen LogP) is 0.398. The molecule has 0 radical (unpaired) electrons. The summed E-state index contributed by atoms with van der Waals surface area (Å²) < 4.78 is 0. The normalized spacial score (nSPS) is 31.7. The highest BCUT2D eigenvalue weighted by Crippen LogP contribution is 2.24. The molecule has 0 aromatic rings. The molecule has 0 aliphatic heterocycles. The average molecular weight is 276 g/mol. The molecule has 0 saturated heterocycles. The van der Waals surface area contributed by atoms with E-state index in [-0.39, 0.29) is 0 Å². The van der Waals surface area contributed by atoms with Gasteiger partial charge in [0.1, 0.15) is 0 Å². The molecule has 0 fully saturated rings. The molecule has 2 aliphatic rings. The SMILES string of the molecule is NC1([N+](=O)[O-])C=CC(=C2C=CC(N)([N+](=O)[O-])C=C2)C=C1. The molecule has 0 spiro atoms. The molecule has 0 unspecified atom stereocenters. The van der Waals surface area contributed by atoms with E-state index in [0.29, 0.717) is 11.1 Å². The number of rotatable bonds is 2. The molecule has 4 N–H and O–H groups in total. The summed E-state index contributed by atoms with van der Waals surface area (Å²) in [5.74, 6) is 0. The first kappa shape index (κ1) is 13.8. The molecule has 0 heterocycles. The topological polar surface area (TPSA) is 138 Å². The van der Waals surface area contributed by atoms with Crippen LogP contribution in [0.15, 0.2) is 59.8 Å². The molecule has 8 heteroatoms. The smallest absolute Gasteiger partial charge is 0.262 e. The number of nitrogens with zero attached hydrogens (tertiary/aromatic N) is 2. The number of hydrogen-bond acceptors (Lipinski definition) is 6. The predicted molar refractivity (Wildman–Crippen MR) is 71.4 cm³/mol. The molecule has 104 valence electrons. The quantitative estimate of drug-likeness (QED) is 0.425. The summed E-state index contributed by atoms with van der Waals surface area (Å²) in [6.07, 6.45) is 11.0. The maximum atomic E-state index is 10.8. The maximum absolute atomic E-state index is 10.8. The molecule has 2 rings (SSSR count). The molecule has 8 nitrogen and oxygen atoms in total. The molecule has 20 heavy (non-hydrogen) atoms. The third kappa shape index (κ3) is 2.29. The van der Waals surface area contributed by atoms with Crippen molar-refractivity contribution >= 4 is 0 Å². The summed E-state index contributed by atoms with van der Waals surface area (Å²) in [4.78, 5) is 20.3. The Kier molecular flexibility index (Phi) is 3.12. The van der Waals surface area contributed by atoms with Gasteiger partial charge in [-0.25, -0.2) is 0 Å². The molecule has 0 bridgehead atoms. The second-order valence-corrected chi connectivity index (χ2v) is 4.53. The van der Waals surface area contributed by atoms with E-state index in [4.69, 9.17) is 11.5 Å². The number of hydrogen-bond donors (Lipinski definition) is 2. The van der Waals surface area contributed by atoms with Crippen LogP contribution in [-0.4, -0.2) is 21.2 Å². The van der Waals surface area contributed by atoms with E-state index < -0.39 is 21.2 Å². The van der Waals surface area contributed by atoms with Crippen LogP contribution in [0.4, 0.5) is 0 Å². The molecule has 0 atom stereocenters. The summed E-state index contributed by atoms with van der Waals surface area (Å²) in [5.41, 5.74) is 8.95. The van der Waals surface area contributed by atoms with E-state index in [1.165, 1.54) is 48.6 Å². The lowest BCUT2D eigenvalue weighted by Gasteiger charge is -2.18. The van der Waals surface area contributed by atoms with Crippen molar-refractivity contribution in [2.75, 3.05) is 0 Å². The largest absolute Gasteiger partial charge is 0.311 e. The van der Waals surface area contributed by atoms with E-state index in [1.807, 2.05) is 0 Å². The van der Waals surface area contributed by atoms with Crippen LogP contribution in [0.2, 0.25) is 0 Å². The summed E-state index contributed by atoms with van der Waals surface area (Å²) in [6, 6.07) is 0. The number of nitro groups is 2. The van der Waals surface area contributed by atoms with Crippen molar-refractivity contribution in [3.63, 3.8) is 0 Å². The van der Waals surface area contributed by atoms with Crippen LogP contribution in [-0.2, 0) is 0 Å². The van der Waals surface area contributed by atoms with E-state index in [2.05, 4.69) is 0 Å². The van der Waals surface area contributed by atoms with Gasteiger partial charge in [-0.2, -0.15) is 0 Å². The van der Waals surface area contributed by atoms with Gasteiger partial charge in [0.15, 0.2) is 0 Å². The van der Waals surface area contributed by atoms with Gasteiger partial charge in [0.25, 0.3) is 0 Å². The minimum atomic E-state index is -1.72. The highest BCUT2D eigenvalue weighted by atomic mass is 16.6. The van der Waals surface area contributed by atoms with Crippen molar-refractivity contribution in [2.45, 2.75) is 11.3 Å². The van der Waals surface area contributed by atoms with Crippen molar-refractivity contribution in [3.05, 3.63) is 80.0 Å². The Morgan fingerprint density at radius 1 is 0.750 bits per heavy atom. The van der Waals surface area contributed by atoms with Crippen LogP contribution in [0.3, 0.4) is 0 Å². The van der Waals surface area contributed by atoms with Crippen LogP contribution >= 0.6 is 0 Å². The first-order valence-corrected chi connectivity index (χ1v) is 5.65. The zero-order valence-corrected chi connectivity index (χ0v) is 10.3. The van der Waals surface area contributed by atoms with Gasteiger partial charge in [-0.1, -0.05) is 0 Å². The Morgan fingerprint density at radius 2 is 1.00 bits per heavy atom. The Morgan fingerprint density at radius 3 is 1.20 bits per heavy atom. The maximum Gasteiger partial charge on any atom is 0.311 e. The molecule has 0 amide bonds. The Balaban J connectivity index is 2.29. The van der Waals surface area contributed by atoms with Crippen LogP contribution in [0.25, 0.3) is 0 Å². The highest BCUT2D eigenvalue weighted by molar-refractivity contribution is 5.52. The van der Waals surface area contributed by atoms with Gasteiger partial charge in [-0.15, -0.1) is 0 Å². The lowest BCUT2D eigenvalue weighted by atomic mass is 9.93. The van der Waals surface area contributed by atoms with Gasteiger partial charge < -0.3 is 0 Å². The monoisotopic (exact) mass is 276 g/mol. The molecule has 2 aliphatic carbocycles. The number of allylic oxidation sites excluding steroid dienone is 6. The first-order chi connectivity index (χ1) is 9.27. The van der Waals surface area contributed by atoms with E-state index in [1.54, 1.807) is 0 Å². The fraction of sp³-hybridized carbons (Fsp3) is 0.167. The van der Waals surface area contributed by atoms with Gasteiger partial charge in [0.05, 0.1) is 9.85 Å². The van der Waals surface area contributed by atoms with Crippen molar-refractivity contribution in [2.24, 2.45) is 11.5 Å². The van der Waals surface area contributed by atoms with Crippen LogP contribution in [0.5, 0.6) is 0 Å². The van der Waals surface area contributed by atoms with Gasteiger partial charge in [0, 0.05) is 24.3 Å². The Hall–Kier alpha value is -2.58. The summed E-state index contributed by atoms with van der Waals surface area (Å²) in [5, 5.41) is 21.5. The van der Waals surface area contributed by atoms with Crippen LogP contribution in [0, 0.1) is 20.2 Å². The molecule has 0 aromatic heterocycles. The van der Waals surface area contributed by atoms with Gasteiger partial charge in [0.2, 0.25) is 0 Å². The van der Waals surface area contributed by atoms with Crippen molar-refractivity contribution in [1.29, 1.82) is 0 Å². The molecular weight excluding hydrogens is 264 g/mol. The minimum absolute atomic E-state index is 0.606. The summed E-state index contributed by atoms with van der Waals surface area (Å²) >= 11 is 0. The lowest BCUT2D eigenvalue weighted by Crippen LogP contribution is -2.45. The van der Waals surface area contributed by atoms with Gasteiger partial charge in [-0.3, -0.25) is 31.7 Å². The fourth-order valence-electron chi connectivity index (χ4n) is 1.74. The van der Waals surface area contributed by atoms with E-state index in [9.17, 15) is 20.2 Å². The third-order valence-electron chi connectivity index (χ3n) is 3.09. The second kappa shape index (κ2) is 4.51. The zero-order chi connectivity index (χ0) is 15.0. The lowest BCUT2D eigenvalue weighted by molar-refractivity contribution is -0.539. The fourth-order valence-corrected chi connectivity index (χ4v) is 1.74. The standard InChI is InChI=1S/C12H12N4O4/c13-11(15(17)18)5-1-9(2-6-11)10-3-7-12(14,8-4-10)16(19)20/h1-8H,13-14H2. The van der Waals surface area contributed by atoms with Crippen molar-refractivity contribution < 1.29 is 9.85 Å². The third-order valence-corrected chi connectivity index (χ3v) is 3.09. The van der Waals surface area contributed by atoms with Gasteiger partial charge in [-0.05, 0) is 35.5 Å². The summed E-state index contributed by atoms with van der Waals surface area (Å²) in [6.45, 7) is 0.